The van der Waals surface area contributed by atoms with Crippen LogP contribution in [0.4, 0.5) is 11.6 Å². The molecule has 0 saturated carbocycles. The first-order valence-electron chi connectivity index (χ1n) is 11.7. The number of allylic oxidation sites excluding steroid dienone is 1. The number of pyridine rings is 1. The second kappa shape index (κ2) is 10.9. The second-order valence-electron chi connectivity index (χ2n) is 8.42. The largest absolute Gasteiger partial charge is 0.495 e. The van der Waals surface area contributed by atoms with E-state index in [1.165, 1.54) is 18.8 Å². The summed E-state index contributed by atoms with van der Waals surface area (Å²) in [7, 11) is 4.62. The van der Waals surface area contributed by atoms with Crippen LogP contribution in [0.2, 0.25) is 0 Å². The average Bonchev–Trinajstić information content (AvgIpc) is 3.40. The number of fused-ring (bicyclic) bond motifs is 1. The number of H-pyrrole nitrogens is 1. The van der Waals surface area contributed by atoms with Crippen LogP contribution in [-0.4, -0.2) is 50.7 Å². The number of hydrogen-bond donors (Lipinski definition) is 3. The zero-order valence-electron chi connectivity index (χ0n) is 21.3. The highest BCUT2D eigenvalue weighted by atomic mass is 16.5. The Morgan fingerprint density at radius 1 is 1.24 bits per heavy atom. The van der Waals surface area contributed by atoms with E-state index in [9.17, 15) is 9.59 Å². The molecule has 0 saturated heterocycles. The summed E-state index contributed by atoms with van der Waals surface area (Å²) in [5.41, 5.74) is 3.30. The first-order chi connectivity index (χ1) is 17.9. The lowest BCUT2D eigenvalue weighted by Gasteiger charge is -2.16. The number of hydrogen-bond acceptors (Lipinski definition) is 8. The summed E-state index contributed by atoms with van der Waals surface area (Å²) in [6.45, 7) is 3.77. The van der Waals surface area contributed by atoms with Gasteiger partial charge in [-0.05, 0) is 32.0 Å². The Morgan fingerprint density at radius 3 is 2.73 bits per heavy atom. The van der Waals surface area contributed by atoms with Gasteiger partial charge in [0.25, 0.3) is 11.5 Å². The molecule has 3 N–H and O–H groups in total. The number of ether oxygens (including phenoxy) is 2. The van der Waals surface area contributed by atoms with Gasteiger partial charge < -0.3 is 29.7 Å². The number of carbonyl (C=O) groups is 1. The Hall–Kier alpha value is -4.67. The average molecular weight is 504 g/mol. The summed E-state index contributed by atoms with van der Waals surface area (Å²) < 4.78 is 12.4. The lowest BCUT2D eigenvalue weighted by Crippen LogP contribution is -2.34. The van der Waals surface area contributed by atoms with Crippen molar-refractivity contribution < 1.29 is 14.3 Å². The van der Waals surface area contributed by atoms with Crippen LogP contribution >= 0.6 is 0 Å². The zero-order chi connectivity index (χ0) is 26.5. The predicted octanol–water partition coefficient (Wildman–Crippen LogP) is 3.21. The molecule has 3 heterocycles. The third-order valence-corrected chi connectivity index (χ3v) is 5.82. The molecule has 1 amide bonds. The van der Waals surface area contributed by atoms with Gasteiger partial charge >= 0.3 is 0 Å². The summed E-state index contributed by atoms with van der Waals surface area (Å²) in [6.07, 6.45) is 9.19. The fourth-order valence-electron chi connectivity index (χ4n) is 4.01. The summed E-state index contributed by atoms with van der Waals surface area (Å²) in [4.78, 5) is 41.6. The Bertz CT molecular complexity index is 1510. The number of nitrogens with zero attached hydrogens (tertiary/aromatic N) is 4. The molecule has 0 fully saturated rings. The fraction of sp³-hybridized carbons (Fsp3) is 0.269. The van der Waals surface area contributed by atoms with Crippen LogP contribution in [0.3, 0.4) is 0 Å². The van der Waals surface area contributed by atoms with E-state index < -0.39 is 0 Å². The van der Waals surface area contributed by atoms with Gasteiger partial charge in [-0.3, -0.25) is 9.59 Å². The van der Waals surface area contributed by atoms with Crippen LogP contribution in [0.25, 0.3) is 17.1 Å². The number of benzene rings is 1. The van der Waals surface area contributed by atoms with Crippen LogP contribution in [-0.2, 0) is 13.5 Å². The summed E-state index contributed by atoms with van der Waals surface area (Å²) in [5.74, 6) is 0.719. The van der Waals surface area contributed by atoms with E-state index in [1.807, 2.05) is 19.9 Å². The number of amides is 1. The van der Waals surface area contributed by atoms with Gasteiger partial charge in [-0.25, -0.2) is 15.0 Å². The first-order valence-corrected chi connectivity index (χ1v) is 11.7. The molecule has 192 valence electrons. The third kappa shape index (κ3) is 5.30. The van der Waals surface area contributed by atoms with Crippen molar-refractivity contribution in [3.63, 3.8) is 0 Å². The summed E-state index contributed by atoms with van der Waals surface area (Å²) >= 11 is 0. The molecule has 3 aromatic heterocycles. The Morgan fingerprint density at radius 2 is 2.05 bits per heavy atom. The monoisotopic (exact) mass is 503 g/mol. The van der Waals surface area contributed by atoms with E-state index in [1.54, 1.807) is 50.0 Å². The molecule has 0 unspecified atom stereocenters. The number of methoxy groups -OCH3 is 2. The van der Waals surface area contributed by atoms with E-state index in [2.05, 4.69) is 30.6 Å². The van der Waals surface area contributed by atoms with E-state index in [-0.39, 0.29) is 23.3 Å². The minimum Gasteiger partial charge on any atom is -0.495 e. The minimum absolute atomic E-state index is 0.107. The first kappa shape index (κ1) is 25.4. The number of nitrogens with one attached hydrogen (secondary N) is 3. The van der Waals surface area contributed by atoms with Crippen LogP contribution in [0, 0.1) is 0 Å². The van der Waals surface area contributed by atoms with E-state index >= 15 is 0 Å². The number of aromatic nitrogens is 5. The number of imidazole rings is 1. The highest BCUT2D eigenvalue weighted by Crippen LogP contribution is 2.30. The molecule has 4 aromatic rings. The van der Waals surface area contributed by atoms with Gasteiger partial charge in [-0.2, -0.15) is 0 Å². The molecule has 0 radical (unpaired) electrons. The van der Waals surface area contributed by atoms with Crippen molar-refractivity contribution >= 4 is 34.7 Å². The smallest absolute Gasteiger partial charge is 0.293 e. The molecule has 37 heavy (non-hydrogen) atoms. The van der Waals surface area contributed by atoms with E-state index in [0.29, 0.717) is 46.0 Å². The Balaban J connectivity index is 1.61. The van der Waals surface area contributed by atoms with E-state index in [0.717, 1.165) is 5.69 Å². The maximum atomic E-state index is 12.8. The maximum Gasteiger partial charge on any atom is 0.293 e. The SMILES string of the molecule is C/C=C/c1c(OC)c(=O)n(C)c2cnc(Nc3ccc(C(=O)N[C@@H](C)Cc4c[nH]cn4)cc3OC)nc12. The fourth-order valence-corrected chi connectivity index (χ4v) is 4.01. The quantitative estimate of drug-likeness (QED) is 0.317. The van der Waals surface area contributed by atoms with Crippen LogP contribution in [0.15, 0.2) is 47.8 Å². The number of aromatic amines is 1. The molecule has 1 atom stereocenters. The molecule has 0 aliphatic carbocycles. The van der Waals surface area contributed by atoms with E-state index in [4.69, 9.17) is 9.47 Å². The zero-order valence-corrected chi connectivity index (χ0v) is 21.3. The van der Waals surface area contributed by atoms with Crippen molar-refractivity contribution in [1.82, 2.24) is 29.8 Å². The molecule has 0 spiro atoms. The predicted molar refractivity (Wildman–Crippen MR) is 142 cm³/mol. The number of anilines is 2. The van der Waals surface area contributed by atoms with Gasteiger partial charge in [0.2, 0.25) is 5.95 Å². The van der Waals surface area contributed by atoms with Crippen LogP contribution in [0.1, 0.15) is 35.5 Å². The molecular weight excluding hydrogens is 474 g/mol. The highest BCUT2D eigenvalue weighted by molar-refractivity contribution is 5.95. The standard InChI is InChI=1S/C26H29N7O4/c1-6-7-18-22-20(33(3)25(35)23(18)37-5)13-28-26(32-22)31-19-9-8-16(11-21(19)36-4)24(34)30-15(2)10-17-12-27-14-29-17/h6-9,11-15H,10H2,1-5H3,(H,27,29)(H,30,34)(H,28,31,32)/b7-6+/t15-/m0/s1. The van der Waals surface area contributed by atoms with Crippen molar-refractivity contribution in [3.05, 3.63) is 70.2 Å². The molecular formula is C26H29N7O4. The topological polar surface area (TPSA) is 136 Å². The number of carbonyl (C=O) groups excluding carboxylic acids is 1. The number of aryl methyl sites for hydroxylation is 1. The van der Waals surface area contributed by atoms with Crippen molar-refractivity contribution in [2.45, 2.75) is 26.3 Å². The van der Waals surface area contributed by atoms with Crippen LogP contribution < -0.4 is 25.7 Å². The molecule has 1 aromatic carbocycles. The summed E-state index contributed by atoms with van der Waals surface area (Å²) in [5, 5.41) is 6.12. The third-order valence-electron chi connectivity index (χ3n) is 5.82. The van der Waals surface area contributed by atoms with Gasteiger partial charge in [-0.1, -0.05) is 12.2 Å². The lowest BCUT2D eigenvalue weighted by molar-refractivity contribution is 0.0939. The van der Waals surface area contributed by atoms with Gasteiger partial charge in [0.15, 0.2) is 5.75 Å². The minimum atomic E-state index is -0.276. The normalized spacial score (nSPS) is 12.0. The maximum absolute atomic E-state index is 12.8. The molecule has 11 nitrogen and oxygen atoms in total. The van der Waals surface area contributed by atoms with Crippen molar-refractivity contribution in [2.24, 2.45) is 7.05 Å². The summed E-state index contributed by atoms with van der Waals surface area (Å²) in [6, 6.07) is 4.97. The number of rotatable bonds is 9. The van der Waals surface area contributed by atoms with Crippen LogP contribution in [0.5, 0.6) is 11.5 Å². The second-order valence-corrected chi connectivity index (χ2v) is 8.42. The van der Waals surface area contributed by atoms with Gasteiger partial charge in [-0.15, -0.1) is 0 Å². The Labute approximate surface area is 213 Å². The molecule has 4 rings (SSSR count). The molecule has 0 aliphatic heterocycles. The van der Waals surface area contributed by atoms with Crippen molar-refractivity contribution in [2.75, 3.05) is 19.5 Å². The van der Waals surface area contributed by atoms with Crippen molar-refractivity contribution in [1.29, 1.82) is 0 Å². The molecule has 11 heteroatoms. The molecule has 0 aliphatic rings. The van der Waals surface area contributed by atoms with Gasteiger partial charge in [0.1, 0.15) is 11.3 Å². The molecule has 0 bridgehead atoms. The van der Waals surface area contributed by atoms with Gasteiger partial charge in [0, 0.05) is 31.3 Å². The van der Waals surface area contributed by atoms with Gasteiger partial charge in [0.05, 0.1) is 49.2 Å². The lowest BCUT2D eigenvalue weighted by atomic mass is 10.1. The highest BCUT2D eigenvalue weighted by Gasteiger charge is 2.18. The Kier molecular flexibility index (Phi) is 7.52. The van der Waals surface area contributed by atoms with Crippen molar-refractivity contribution in [3.8, 4) is 11.5 Å².